The minimum atomic E-state index is -0.581. The summed E-state index contributed by atoms with van der Waals surface area (Å²) in [6, 6.07) is 25.1. The number of para-hydroxylation sites is 1. The zero-order chi connectivity index (χ0) is 19.7. The molecule has 1 N–H and O–H groups in total. The van der Waals surface area contributed by atoms with Crippen molar-refractivity contribution in [2.45, 2.75) is 18.7 Å². The van der Waals surface area contributed by atoms with Crippen LogP contribution in [0.2, 0.25) is 0 Å². The molecule has 3 aromatic rings. The maximum absolute atomic E-state index is 13.5. The van der Waals surface area contributed by atoms with Gasteiger partial charge in [-0.3, -0.25) is 9.69 Å². The lowest BCUT2D eigenvalue weighted by atomic mass is 10.0. The number of aromatic hydroxyl groups is 1. The summed E-state index contributed by atoms with van der Waals surface area (Å²) in [7, 11) is 0. The number of carbonyl (C=O) groups excluding carboxylic acids is 1. The molecule has 1 saturated heterocycles. The molecule has 1 aliphatic heterocycles. The average Bonchev–Trinajstić information content (AvgIpc) is 2.95. The Bertz CT molecular complexity index is 1060. The van der Waals surface area contributed by atoms with Crippen molar-refractivity contribution < 1.29 is 9.90 Å². The molecule has 140 valence electrons. The number of thioether (sulfide) groups is 1. The molecule has 0 aromatic heterocycles. The van der Waals surface area contributed by atoms with Gasteiger partial charge in [-0.05, 0) is 49.2 Å². The van der Waals surface area contributed by atoms with Crippen LogP contribution in [-0.4, -0.2) is 11.0 Å². The summed E-state index contributed by atoms with van der Waals surface area (Å²) in [6.07, 6.45) is 1.78. The summed E-state index contributed by atoms with van der Waals surface area (Å²) in [5, 5.41) is 10.1. The van der Waals surface area contributed by atoms with E-state index in [1.54, 1.807) is 18.2 Å². The Hall–Kier alpha value is -2.98. The van der Waals surface area contributed by atoms with Gasteiger partial charge < -0.3 is 5.11 Å². The molecule has 1 atom stereocenters. The first-order valence-electron chi connectivity index (χ1n) is 9.14. The minimum Gasteiger partial charge on any atom is -0.507 e. The van der Waals surface area contributed by atoms with E-state index < -0.39 is 4.87 Å². The first kappa shape index (κ1) is 18.4. The number of aryl methyl sites for hydroxylation is 1. The van der Waals surface area contributed by atoms with E-state index in [1.807, 2.05) is 78.6 Å². The number of benzene rings is 3. The van der Waals surface area contributed by atoms with Crippen LogP contribution in [0.5, 0.6) is 5.75 Å². The van der Waals surface area contributed by atoms with Gasteiger partial charge in [-0.1, -0.05) is 72.4 Å². The van der Waals surface area contributed by atoms with Crippen LogP contribution in [0.3, 0.4) is 0 Å². The number of hydrogen-bond donors (Lipinski definition) is 1. The van der Waals surface area contributed by atoms with Crippen molar-refractivity contribution >= 4 is 29.4 Å². The second-order valence-corrected chi connectivity index (χ2v) is 8.44. The fourth-order valence-electron chi connectivity index (χ4n) is 3.52. The smallest absolute Gasteiger partial charge is 0.266 e. The van der Waals surface area contributed by atoms with E-state index in [0.717, 1.165) is 16.8 Å². The molecule has 28 heavy (non-hydrogen) atoms. The maximum Gasteiger partial charge on any atom is 0.266 e. The molecule has 3 aromatic carbocycles. The van der Waals surface area contributed by atoms with Gasteiger partial charge in [-0.25, -0.2) is 0 Å². The fourth-order valence-corrected chi connectivity index (χ4v) is 4.84. The molecule has 3 nitrogen and oxygen atoms in total. The zero-order valence-corrected chi connectivity index (χ0v) is 16.6. The number of rotatable bonds is 3. The van der Waals surface area contributed by atoms with E-state index >= 15 is 0 Å². The second kappa shape index (κ2) is 7.21. The lowest BCUT2D eigenvalue weighted by Crippen LogP contribution is -2.39. The number of carbonyl (C=O) groups is 1. The minimum absolute atomic E-state index is 0.0646. The summed E-state index contributed by atoms with van der Waals surface area (Å²) in [4.78, 5) is 15.4. The number of nitrogens with zero attached hydrogens (tertiary/aromatic N) is 1. The molecule has 1 unspecified atom stereocenters. The van der Waals surface area contributed by atoms with Gasteiger partial charge in [0.1, 0.15) is 10.6 Å². The van der Waals surface area contributed by atoms with Crippen LogP contribution in [0.25, 0.3) is 6.08 Å². The predicted octanol–water partition coefficient (Wildman–Crippen LogP) is 5.69. The summed E-state index contributed by atoms with van der Waals surface area (Å²) in [6.45, 7) is 4.09. The van der Waals surface area contributed by atoms with E-state index in [1.165, 1.54) is 11.8 Å². The van der Waals surface area contributed by atoms with E-state index in [2.05, 4.69) is 6.92 Å². The van der Waals surface area contributed by atoms with Crippen LogP contribution in [0, 0.1) is 6.92 Å². The normalized spacial score (nSPS) is 20.7. The number of hydrogen-bond acceptors (Lipinski definition) is 3. The van der Waals surface area contributed by atoms with Crippen molar-refractivity contribution in [1.29, 1.82) is 0 Å². The summed E-state index contributed by atoms with van der Waals surface area (Å²) in [5.74, 6) is 0.101. The monoisotopic (exact) mass is 387 g/mol. The summed E-state index contributed by atoms with van der Waals surface area (Å²) < 4.78 is 0. The molecular formula is C24H21NO2S. The number of amides is 1. The molecular weight excluding hydrogens is 366 g/mol. The lowest BCUT2D eigenvalue weighted by molar-refractivity contribution is -0.114. The first-order valence-corrected chi connectivity index (χ1v) is 9.96. The van der Waals surface area contributed by atoms with E-state index in [9.17, 15) is 9.90 Å². The van der Waals surface area contributed by atoms with E-state index in [4.69, 9.17) is 0 Å². The third kappa shape index (κ3) is 3.20. The van der Waals surface area contributed by atoms with Crippen molar-refractivity contribution in [3.05, 3.63) is 100 Å². The van der Waals surface area contributed by atoms with Crippen molar-refractivity contribution in [2.75, 3.05) is 4.90 Å². The van der Waals surface area contributed by atoms with Gasteiger partial charge in [0.2, 0.25) is 0 Å². The Kier molecular flexibility index (Phi) is 4.73. The molecule has 0 bridgehead atoms. The quantitative estimate of drug-likeness (QED) is 0.587. The topological polar surface area (TPSA) is 40.5 Å². The Labute approximate surface area is 169 Å². The van der Waals surface area contributed by atoms with Crippen LogP contribution < -0.4 is 4.90 Å². The van der Waals surface area contributed by atoms with Gasteiger partial charge in [-0.15, -0.1) is 0 Å². The Balaban J connectivity index is 1.86. The number of phenolic OH excluding ortho intramolecular Hbond substituents is 1. The molecule has 0 saturated carbocycles. The number of anilines is 1. The molecule has 0 radical (unpaired) electrons. The van der Waals surface area contributed by atoms with Crippen molar-refractivity contribution in [3.8, 4) is 5.75 Å². The van der Waals surface area contributed by atoms with Gasteiger partial charge in [0.25, 0.3) is 5.91 Å². The molecule has 0 aliphatic carbocycles. The molecule has 1 fully saturated rings. The van der Waals surface area contributed by atoms with Crippen molar-refractivity contribution in [2.24, 2.45) is 0 Å². The molecule has 1 amide bonds. The maximum atomic E-state index is 13.5. The van der Waals surface area contributed by atoms with Crippen LogP contribution in [0.4, 0.5) is 5.69 Å². The standard InChI is InChI=1S/C24H21NO2S/c1-17-9-8-13-20(15-17)25-23(27)22(16-18-10-6-7-14-21(18)26)28-24(25,2)19-11-4-3-5-12-19/h3-16,26H,1-2H3/b22-16-. The lowest BCUT2D eigenvalue weighted by Gasteiger charge is -2.34. The Morgan fingerprint density at radius 1 is 0.964 bits per heavy atom. The van der Waals surface area contributed by atoms with Gasteiger partial charge in [0.05, 0.1) is 4.91 Å². The highest BCUT2D eigenvalue weighted by Gasteiger charge is 2.47. The predicted molar refractivity (Wildman–Crippen MR) is 116 cm³/mol. The highest BCUT2D eigenvalue weighted by molar-refractivity contribution is 8.05. The van der Waals surface area contributed by atoms with Gasteiger partial charge in [-0.2, -0.15) is 0 Å². The molecule has 4 rings (SSSR count). The largest absolute Gasteiger partial charge is 0.507 e. The third-order valence-electron chi connectivity index (χ3n) is 4.94. The van der Waals surface area contributed by atoms with Crippen LogP contribution in [-0.2, 0) is 9.67 Å². The summed E-state index contributed by atoms with van der Waals surface area (Å²) >= 11 is 1.51. The molecule has 1 aliphatic rings. The SMILES string of the molecule is Cc1cccc(N2C(=O)/C(=C/c3ccccc3O)SC2(C)c2ccccc2)c1. The molecule has 4 heteroatoms. The van der Waals surface area contributed by atoms with Crippen LogP contribution in [0.1, 0.15) is 23.6 Å². The molecule has 0 spiro atoms. The van der Waals surface area contributed by atoms with Crippen LogP contribution >= 0.6 is 11.8 Å². The average molecular weight is 388 g/mol. The Morgan fingerprint density at radius 3 is 2.39 bits per heavy atom. The van der Waals surface area contributed by atoms with E-state index in [-0.39, 0.29) is 11.7 Å². The van der Waals surface area contributed by atoms with Gasteiger partial charge in [0, 0.05) is 11.3 Å². The van der Waals surface area contributed by atoms with Crippen LogP contribution in [0.15, 0.2) is 83.8 Å². The zero-order valence-electron chi connectivity index (χ0n) is 15.8. The highest BCUT2D eigenvalue weighted by atomic mass is 32.2. The fraction of sp³-hybridized carbons (Fsp3) is 0.125. The van der Waals surface area contributed by atoms with Crippen molar-refractivity contribution in [3.63, 3.8) is 0 Å². The molecule has 1 heterocycles. The second-order valence-electron chi connectivity index (χ2n) is 7.00. The van der Waals surface area contributed by atoms with E-state index in [0.29, 0.717) is 10.5 Å². The first-order chi connectivity index (χ1) is 13.5. The van der Waals surface area contributed by atoms with Gasteiger partial charge in [0.15, 0.2) is 0 Å². The third-order valence-corrected chi connectivity index (χ3v) is 6.27. The Morgan fingerprint density at radius 2 is 1.68 bits per heavy atom. The summed E-state index contributed by atoms with van der Waals surface area (Å²) in [5.41, 5.74) is 3.66. The number of phenols is 1. The van der Waals surface area contributed by atoms with Gasteiger partial charge >= 0.3 is 0 Å². The highest BCUT2D eigenvalue weighted by Crippen LogP contribution is 2.53. The van der Waals surface area contributed by atoms with Crippen molar-refractivity contribution in [1.82, 2.24) is 0 Å².